The summed E-state index contributed by atoms with van der Waals surface area (Å²) in [6.45, 7) is 0.622. The van der Waals surface area contributed by atoms with E-state index < -0.39 is 27.6 Å². The summed E-state index contributed by atoms with van der Waals surface area (Å²) in [4.78, 5) is 32.0. The predicted octanol–water partition coefficient (Wildman–Crippen LogP) is 3.27. The second-order valence-corrected chi connectivity index (χ2v) is 11.7. The molecule has 1 atom stereocenters. The van der Waals surface area contributed by atoms with Crippen LogP contribution in [0.3, 0.4) is 0 Å². The minimum atomic E-state index is -3.65. The topological polar surface area (TPSA) is 124 Å². The molecule has 0 N–H and O–H groups in total. The molecule has 2 aliphatic heterocycles. The summed E-state index contributed by atoms with van der Waals surface area (Å²) in [7, 11) is -3.65. The average molecular weight is 564 g/mol. The van der Waals surface area contributed by atoms with E-state index in [-0.39, 0.29) is 41.3 Å². The third kappa shape index (κ3) is 5.50. The molecule has 0 radical (unpaired) electrons. The summed E-state index contributed by atoms with van der Waals surface area (Å²) in [6, 6.07) is 3.68. The zero-order valence-corrected chi connectivity index (χ0v) is 21.8. The number of benzene rings is 1. The molecule has 0 saturated carbocycles. The summed E-state index contributed by atoms with van der Waals surface area (Å²) in [6.07, 6.45) is 4.27. The molecule has 0 bridgehead atoms. The molecule has 1 saturated heterocycles. The number of carbonyl (C=O) groups is 1. The first-order chi connectivity index (χ1) is 18.2. The largest absolute Gasteiger partial charge is 0.466 e. The Hall–Kier alpha value is -3.52. The molecule has 10 nitrogen and oxygen atoms in total. The van der Waals surface area contributed by atoms with Crippen molar-refractivity contribution in [3.05, 3.63) is 63.9 Å². The molecule has 0 aliphatic carbocycles. The van der Waals surface area contributed by atoms with Crippen LogP contribution in [0.25, 0.3) is 0 Å². The number of amides is 1. The van der Waals surface area contributed by atoms with Crippen LogP contribution in [0.4, 0.5) is 8.78 Å². The molecule has 5 rings (SSSR count). The summed E-state index contributed by atoms with van der Waals surface area (Å²) >= 11 is 1.47. The minimum absolute atomic E-state index is 0.137. The number of halogens is 2. The van der Waals surface area contributed by atoms with Crippen molar-refractivity contribution < 1.29 is 31.6 Å². The first kappa shape index (κ1) is 26.1. The predicted molar refractivity (Wildman–Crippen MR) is 133 cm³/mol. The molecule has 1 aromatic carbocycles. The Kier molecular flexibility index (Phi) is 7.34. The van der Waals surface area contributed by atoms with Gasteiger partial charge in [0.1, 0.15) is 17.3 Å². The highest BCUT2D eigenvalue weighted by molar-refractivity contribution is 7.90. The van der Waals surface area contributed by atoms with Gasteiger partial charge >= 0.3 is 0 Å². The van der Waals surface area contributed by atoms with Crippen molar-refractivity contribution in [2.75, 3.05) is 26.0 Å². The number of ether oxygens (including phenoxy) is 1. The third-order valence-electron chi connectivity index (χ3n) is 6.32. The SMILES string of the molecule is CS(=O)(=O)c1nccnc1OCC(=O)N1CCC(c2nc(C3=NOC(c4c(F)cccc4F)C3)cs2)CC1. The fourth-order valence-electron chi connectivity index (χ4n) is 4.37. The lowest BCUT2D eigenvalue weighted by atomic mass is 9.97. The van der Waals surface area contributed by atoms with Crippen molar-refractivity contribution in [3.8, 4) is 5.88 Å². The lowest BCUT2D eigenvalue weighted by molar-refractivity contribution is -0.134. The van der Waals surface area contributed by atoms with E-state index in [0.717, 1.165) is 11.3 Å². The number of rotatable bonds is 7. The zero-order valence-electron chi connectivity index (χ0n) is 20.2. The number of thiazole rings is 1. The summed E-state index contributed by atoms with van der Waals surface area (Å²) in [5.74, 6) is -1.70. The highest BCUT2D eigenvalue weighted by Crippen LogP contribution is 2.35. The van der Waals surface area contributed by atoms with Crippen LogP contribution in [0.1, 0.15) is 47.5 Å². The lowest BCUT2D eigenvalue weighted by Gasteiger charge is -2.31. The Morgan fingerprint density at radius 3 is 2.61 bits per heavy atom. The van der Waals surface area contributed by atoms with Crippen molar-refractivity contribution in [1.82, 2.24) is 19.9 Å². The molecular weight excluding hydrogens is 540 g/mol. The van der Waals surface area contributed by atoms with Gasteiger partial charge in [0.25, 0.3) is 11.8 Å². The van der Waals surface area contributed by atoms with Crippen LogP contribution >= 0.6 is 11.3 Å². The molecule has 1 amide bonds. The van der Waals surface area contributed by atoms with Crippen molar-refractivity contribution in [1.29, 1.82) is 0 Å². The molecular formula is C24H23F2N5O5S2. The number of sulfone groups is 1. The van der Waals surface area contributed by atoms with Crippen molar-refractivity contribution in [2.24, 2.45) is 5.16 Å². The number of piperidine rings is 1. The first-order valence-corrected chi connectivity index (χ1v) is 14.5. The van der Waals surface area contributed by atoms with Crippen LogP contribution in [0.5, 0.6) is 5.88 Å². The van der Waals surface area contributed by atoms with E-state index in [4.69, 9.17) is 9.57 Å². The van der Waals surface area contributed by atoms with Crippen molar-refractivity contribution in [3.63, 3.8) is 0 Å². The van der Waals surface area contributed by atoms with E-state index in [0.29, 0.717) is 37.3 Å². The summed E-state index contributed by atoms with van der Waals surface area (Å²) in [5.41, 5.74) is 0.999. The highest BCUT2D eigenvalue weighted by Gasteiger charge is 2.31. The third-order valence-corrected chi connectivity index (χ3v) is 8.31. The van der Waals surface area contributed by atoms with Crippen LogP contribution in [0, 0.1) is 11.6 Å². The lowest BCUT2D eigenvalue weighted by Crippen LogP contribution is -2.40. The van der Waals surface area contributed by atoms with Gasteiger partial charge in [-0.15, -0.1) is 11.3 Å². The molecule has 3 aromatic rings. The molecule has 2 aliphatic rings. The second-order valence-electron chi connectivity index (χ2n) is 8.93. The Balaban J connectivity index is 1.15. The van der Waals surface area contributed by atoms with Crippen LogP contribution in [-0.4, -0.2) is 65.8 Å². The van der Waals surface area contributed by atoms with E-state index in [1.807, 2.05) is 5.38 Å². The smallest absolute Gasteiger partial charge is 0.260 e. The average Bonchev–Trinajstić information content (AvgIpc) is 3.57. The van der Waals surface area contributed by atoms with E-state index in [1.54, 1.807) is 4.90 Å². The van der Waals surface area contributed by atoms with Gasteiger partial charge in [0.15, 0.2) is 22.5 Å². The molecule has 2 aromatic heterocycles. The number of carbonyl (C=O) groups excluding carboxylic acids is 1. The quantitative estimate of drug-likeness (QED) is 0.429. The highest BCUT2D eigenvalue weighted by atomic mass is 32.2. The number of likely N-dealkylation sites (tertiary alicyclic amines) is 1. The zero-order chi connectivity index (χ0) is 26.9. The Morgan fingerprint density at radius 1 is 1.18 bits per heavy atom. The standard InChI is InChI=1S/C24H23F2N5O5S2/c1-38(33,34)24-22(27-7-8-28-24)35-12-20(32)31-9-5-14(6-10-31)23-29-18(13-37-23)17-11-19(36-30-17)21-15(25)3-2-4-16(21)26/h2-4,7-8,13-14,19H,5-6,9-12H2,1H3. The maximum Gasteiger partial charge on any atom is 0.260 e. The first-order valence-electron chi connectivity index (χ1n) is 11.7. The van der Waals surface area contributed by atoms with Gasteiger partial charge in [-0.1, -0.05) is 11.2 Å². The van der Waals surface area contributed by atoms with Crippen molar-refractivity contribution >= 4 is 32.8 Å². The van der Waals surface area contributed by atoms with Crippen LogP contribution < -0.4 is 4.74 Å². The maximum atomic E-state index is 14.1. The molecule has 14 heteroatoms. The number of nitrogens with zero attached hydrogens (tertiary/aromatic N) is 5. The summed E-state index contributed by atoms with van der Waals surface area (Å²) in [5, 5.41) is 6.45. The molecule has 4 heterocycles. The van der Waals surface area contributed by atoms with Gasteiger partial charge in [-0.05, 0) is 25.0 Å². The van der Waals surface area contributed by atoms with Crippen LogP contribution in [0.2, 0.25) is 0 Å². The minimum Gasteiger partial charge on any atom is -0.466 e. The van der Waals surface area contributed by atoms with Gasteiger partial charge in [0, 0.05) is 49.5 Å². The van der Waals surface area contributed by atoms with Gasteiger partial charge < -0.3 is 14.5 Å². The number of oxime groups is 1. The molecule has 1 fully saturated rings. The molecule has 200 valence electrons. The maximum absolute atomic E-state index is 14.1. The number of hydrogen-bond donors (Lipinski definition) is 0. The number of hydrogen-bond acceptors (Lipinski definition) is 10. The molecule has 1 unspecified atom stereocenters. The van der Waals surface area contributed by atoms with E-state index in [2.05, 4.69) is 20.1 Å². The Labute approximate surface area is 221 Å². The van der Waals surface area contributed by atoms with Gasteiger partial charge in [-0.25, -0.2) is 32.2 Å². The number of aromatic nitrogens is 3. The second kappa shape index (κ2) is 10.7. The van der Waals surface area contributed by atoms with E-state index >= 15 is 0 Å². The van der Waals surface area contributed by atoms with E-state index in [1.165, 1.54) is 41.9 Å². The summed E-state index contributed by atoms with van der Waals surface area (Å²) < 4.78 is 57.3. The Bertz CT molecular complexity index is 1470. The monoisotopic (exact) mass is 563 g/mol. The Morgan fingerprint density at radius 2 is 1.89 bits per heavy atom. The van der Waals surface area contributed by atoms with Crippen LogP contribution in [-0.2, 0) is 19.5 Å². The van der Waals surface area contributed by atoms with Gasteiger partial charge in [-0.3, -0.25) is 4.79 Å². The fourth-order valence-corrected chi connectivity index (χ4v) is 6.05. The molecule has 0 spiro atoms. The van der Waals surface area contributed by atoms with Gasteiger partial charge in [-0.2, -0.15) is 0 Å². The molecule has 38 heavy (non-hydrogen) atoms. The van der Waals surface area contributed by atoms with Gasteiger partial charge in [0.05, 0.1) is 16.3 Å². The van der Waals surface area contributed by atoms with Gasteiger partial charge in [0.2, 0.25) is 5.03 Å². The normalized spacial score (nSPS) is 18.2. The fraction of sp³-hybridized carbons (Fsp3) is 0.375. The van der Waals surface area contributed by atoms with Crippen molar-refractivity contribution in [2.45, 2.75) is 36.3 Å². The van der Waals surface area contributed by atoms with E-state index in [9.17, 15) is 22.0 Å². The van der Waals surface area contributed by atoms with Crippen LogP contribution in [0.15, 0.2) is 46.2 Å².